The molecule has 0 bridgehead atoms. The summed E-state index contributed by atoms with van der Waals surface area (Å²) in [5.41, 5.74) is 5.47. The Morgan fingerprint density at radius 3 is 2.42 bits per heavy atom. The molecule has 0 radical (unpaired) electrons. The molecule has 3 N–H and O–H groups in total. The first-order valence-corrected chi connectivity index (χ1v) is 4.88. The van der Waals surface area contributed by atoms with Gasteiger partial charge < -0.3 is 15.7 Å². The van der Waals surface area contributed by atoms with Crippen LogP contribution in [0.3, 0.4) is 0 Å². The molecule has 0 saturated heterocycles. The Kier molecular flexibility index (Phi) is 8.88. The van der Waals surface area contributed by atoms with Crippen molar-refractivity contribution in [2.24, 2.45) is 5.73 Å². The van der Waals surface area contributed by atoms with Crippen LogP contribution in [0, 0.1) is 0 Å². The van der Waals surface area contributed by atoms with E-state index < -0.39 is 0 Å². The average Bonchev–Trinajstić information content (AvgIpc) is 2.06. The molecule has 0 aliphatic carbocycles. The highest BCUT2D eigenvalue weighted by Gasteiger charge is 2.00. The zero-order chi connectivity index (χ0) is 9.23. The Bertz CT molecular complexity index is 82.6. The second kappa shape index (κ2) is 8.97. The van der Waals surface area contributed by atoms with Crippen LogP contribution in [0.25, 0.3) is 0 Å². The first kappa shape index (κ1) is 11.9. The zero-order valence-corrected chi connectivity index (χ0v) is 8.13. The lowest BCUT2D eigenvalue weighted by atomic mass is 10.3. The van der Waals surface area contributed by atoms with E-state index >= 15 is 0 Å². The predicted octanol–water partition coefficient (Wildman–Crippen LogP) is 0.430. The first-order valence-electron chi connectivity index (χ1n) is 4.88. The molecule has 0 rings (SSSR count). The van der Waals surface area contributed by atoms with Gasteiger partial charge in [-0.1, -0.05) is 6.92 Å². The second-order valence-electron chi connectivity index (χ2n) is 3.06. The van der Waals surface area contributed by atoms with E-state index in [-0.39, 0.29) is 0 Å². The minimum atomic E-state index is 0.308. The minimum Gasteiger partial charge on any atom is -0.396 e. The predicted molar refractivity (Wildman–Crippen MR) is 52.1 cm³/mol. The molecule has 0 aromatic carbocycles. The van der Waals surface area contributed by atoms with E-state index in [4.69, 9.17) is 10.8 Å². The summed E-state index contributed by atoms with van der Waals surface area (Å²) >= 11 is 0. The molecule has 0 amide bonds. The summed E-state index contributed by atoms with van der Waals surface area (Å²) < 4.78 is 0. The molecular weight excluding hydrogens is 152 g/mol. The molecule has 0 atom stereocenters. The molecule has 0 aromatic heterocycles. The molecule has 0 aromatic rings. The van der Waals surface area contributed by atoms with Gasteiger partial charge in [0, 0.05) is 19.7 Å². The fraction of sp³-hybridized carbons (Fsp3) is 1.00. The van der Waals surface area contributed by atoms with Crippen LogP contribution < -0.4 is 5.73 Å². The van der Waals surface area contributed by atoms with Crippen molar-refractivity contribution in [2.45, 2.75) is 26.2 Å². The van der Waals surface area contributed by atoms with Gasteiger partial charge in [-0.15, -0.1) is 0 Å². The summed E-state index contributed by atoms with van der Waals surface area (Å²) in [5.74, 6) is 0. The topological polar surface area (TPSA) is 49.5 Å². The van der Waals surface area contributed by atoms with Crippen LogP contribution >= 0.6 is 0 Å². The van der Waals surface area contributed by atoms with Crippen LogP contribution in [0.1, 0.15) is 26.2 Å². The van der Waals surface area contributed by atoms with E-state index in [1.807, 2.05) is 0 Å². The highest BCUT2D eigenvalue weighted by Crippen LogP contribution is 1.95. The smallest absolute Gasteiger partial charge is 0.0431 e. The standard InChI is InChI=1S/C9H22N2O/c1-2-6-11(8-5-10)7-3-4-9-12/h12H,2-10H2,1H3. The van der Waals surface area contributed by atoms with Gasteiger partial charge in [0.15, 0.2) is 0 Å². The van der Waals surface area contributed by atoms with Crippen molar-refractivity contribution < 1.29 is 5.11 Å². The van der Waals surface area contributed by atoms with Gasteiger partial charge in [0.1, 0.15) is 0 Å². The number of hydrogen-bond donors (Lipinski definition) is 2. The second-order valence-corrected chi connectivity index (χ2v) is 3.06. The van der Waals surface area contributed by atoms with E-state index in [2.05, 4.69) is 11.8 Å². The molecular formula is C9H22N2O. The van der Waals surface area contributed by atoms with Crippen molar-refractivity contribution in [3.8, 4) is 0 Å². The van der Waals surface area contributed by atoms with Crippen molar-refractivity contribution in [1.29, 1.82) is 0 Å². The normalized spacial score (nSPS) is 11.0. The number of aliphatic hydroxyl groups excluding tert-OH is 1. The third kappa shape index (κ3) is 6.58. The van der Waals surface area contributed by atoms with Gasteiger partial charge in [-0.05, 0) is 32.4 Å². The molecule has 0 spiro atoms. The maximum Gasteiger partial charge on any atom is 0.0431 e. The molecule has 74 valence electrons. The van der Waals surface area contributed by atoms with E-state index in [0.717, 1.165) is 39.0 Å². The van der Waals surface area contributed by atoms with Gasteiger partial charge in [0.2, 0.25) is 0 Å². The highest BCUT2D eigenvalue weighted by atomic mass is 16.2. The van der Waals surface area contributed by atoms with Gasteiger partial charge in [0.05, 0.1) is 0 Å². The fourth-order valence-electron chi connectivity index (χ4n) is 1.28. The molecule has 3 nitrogen and oxygen atoms in total. The summed E-state index contributed by atoms with van der Waals surface area (Å²) in [6.07, 6.45) is 3.17. The van der Waals surface area contributed by atoms with Crippen molar-refractivity contribution in [2.75, 3.05) is 32.8 Å². The molecule has 3 heteroatoms. The number of hydrogen-bond acceptors (Lipinski definition) is 3. The van der Waals surface area contributed by atoms with E-state index in [1.165, 1.54) is 6.42 Å². The molecule has 0 unspecified atom stereocenters. The number of unbranched alkanes of at least 4 members (excludes halogenated alkanes) is 1. The minimum absolute atomic E-state index is 0.308. The van der Waals surface area contributed by atoms with Crippen molar-refractivity contribution in [1.82, 2.24) is 4.90 Å². The quantitative estimate of drug-likeness (QED) is 0.525. The van der Waals surface area contributed by atoms with E-state index in [9.17, 15) is 0 Å². The number of nitrogens with zero attached hydrogens (tertiary/aromatic N) is 1. The van der Waals surface area contributed by atoms with Crippen LogP contribution in [-0.4, -0.2) is 42.8 Å². The summed E-state index contributed by atoms with van der Waals surface area (Å²) in [6, 6.07) is 0. The fourth-order valence-corrected chi connectivity index (χ4v) is 1.28. The van der Waals surface area contributed by atoms with Crippen molar-refractivity contribution >= 4 is 0 Å². The maximum atomic E-state index is 8.60. The van der Waals surface area contributed by atoms with E-state index in [1.54, 1.807) is 0 Å². The van der Waals surface area contributed by atoms with E-state index in [0.29, 0.717) is 6.61 Å². The largest absolute Gasteiger partial charge is 0.396 e. The summed E-state index contributed by atoms with van der Waals surface area (Å²) in [6.45, 7) is 6.41. The van der Waals surface area contributed by atoms with Crippen molar-refractivity contribution in [3.05, 3.63) is 0 Å². The van der Waals surface area contributed by atoms with Crippen molar-refractivity contribution in [3.63, 3.8) is 0 Å². The number of aliphatic hydroxyl groups is 1. The Labute approximate surface area is 75.6 Å². The van der Waals surface area contributed by atoms with Gasteiger partial charge in [-0.3, -0.25) is 0 Å². The molecule has 0 aliphatic heterocycles. The lowest BCUT2D eigenvalue weighted by molar-refractivity contribution is 0.245. The summed E-state index contributed by atoms with van der Waals surface area (Å²) in [4.78, 5) is 2.36. The molecule has 0 heterocycles. The van der Waals surface area contributed by atoms with Crippen LogP contribution in [0.5, 0.6) is 0 Å². The SMILES string of the molecule is CCCN(CCN)CCCCO. The highest BCUT2D eigenvalue weighted by molar-refractivity contribution is 4.57. The summed E-state index contributed by atoms with van der Waals surface area (Å²) in [5, 5.41) is 8.60. The lowest BCUT2D eigenvalue weighted by Gasteiger charge is -2.20. The Balaban J connectivity index is 3.34. The Morgan fingerprint density at radius 2 is 1.92 bits per heavy atom. The third-order valence-electron chi connectivity index (χ3n) is 1.87. The van der Waals surface area contributed by atoms with Crippen LogP contribution in [0.2, 0.25) is 0 Å². The van der Waals surface area contributed by atoms with Gasteiger partial charge in [-0.25, -0.2) is 0 Å². The third-order valence-corrected chi connectivity index (χ3v) is 1.87. The lowest BCUT2D eigenvalue weighted by Crippen LogP contribution is -2.31. The molecule has 0 saturated carbocycles. The number of nitrogens with two attached hydrogens (primary N) is 1. The monoisotopic (exact) mass is 174 g/mol. The maximum absolute atomic E-state index is 8.60. The molecule has 0 aliphatic rings. The van der Waals surface area contributed by atoms with Crippen LogP contribution in [-0.2, 0) is 0 Å². The molecule has 12 heavy (non-hydrogen) atoms. The first-order chi connectivity index (χ1) is 5.85. The Hall–Kier alpha value is -0.120. The van der Waals surface area contributed by atoms with Crippen LogP contribution in [0.4, 0.5) is 0 Å². The van der Waals surface area contributed by atoms with Gasteiger partial charge >= 0.3 is 0 Å². The van der Waals surface area contributed by atoms with Gasteiger partial charge in [0.25, 0.3) is 0 Å². The average molecular weight is 174 g/mol. The van der Waals surface area contributed by atoms with Gasteiger partial charge in [-0.2, -0.15) is 0 Å². The van der Waals surface area contributed by atoms with Crippen LogP contribution in [0.15, 0.2) is 0 Å². The summed E-state index contributed by atoms with van der Waals surface area (Å²) in [7, 11) is 0. The molecule has 0 fully saturated rings. The Morgan fingerprint density at radius 1 is 1.17 bits per heavy atom. The number of rotatable bonds is 8. The zero-order valence-electron chi connectivity index (χ0n) is 8.13.